The number of benzene rings is 2. The van der Waals surface area contributed by atoms with Gasteiger partial charge in [0.05, 0.1) is 27.2 Å². The topological polar surface area (TPSA) is 216 Å². The molecule has 0 atom stereocenters. The van der Waals surface area contributed by atoms with Crippen LogP contribution in [0, 0.1) is 0 Å². The zero-order valence-corrected chi connectivity index (χ0v) is 25.1. The molecule has 0 fully saturated rings. The van der Waals surface area contributed by atoms with Crippen LogP contribution in [0.2, 0.25) is 0 Å². The number of hydrogen-bond acceptors (Lipinski definition) is 13. The standard InChI is InChI=1S/C22H28N2O12S3.2Li/c1-37(27,28)23-9-4-10-24(11-13-35-21(25)17-5-2-7-19(15-17)38(29,30)31)12-14-36-22(26)18-6-3-8-20(16-18)39(32,33)34;;/h2-3,5-8,15-16,23H,4,9-14H2,1H3,(H,29,30,31)(H,32,33,34);;/q;2*+1/p-2. The number of nitrogens with one attached hydrogen (secondary N) is 1. The molecule has 0 aliphatic carbocycles. The van der Waals surface area contributed by atoms with Gasteiger partial charge in [-0.05, 0) is 49.4 Å². The van der Waals surface area contributed by atoms with Gasteiger partial charge >= 0.3 is 49.7 Å². The number of rotatable bonds is 15. The molecule has 0 radical (unpaired) electrons. The number of ether oxygens (including phenoxy) is 2. The van der Waals surface area contributed by atoms with Gasteiger partial charge in [-0.15, -0.1) is 0 Å². The molecule has 0 saturated carbocycles. The Morgan fingerprint density at radius 1 is 0.756 bits per heavy atom. The summed E-state index contributed by atoms with van der Waals surface area (Å²) in [6.45, 7) is 0.290. The molecule has 0 aromatic heterocycles. The van der Waals surface area contributed by atoms with Gasteiger partial charge in [0.2, 0.25) is 10.0 Å². The van der Waals surface area contributed by atoms with Gasteiger partial charge in [-0.3, -0.25) is 4.90 Å². The van der Waals surface area contributed by atoms with Crippen LogP contribution in [0.25, 0.3) is 0 Å². The molecular weight excluding hydrogens is 594 g/mol. The van der Waals surface area contributed by atoms with Gasteiger partial charge in [-0.25, -0.2) is 39.6 Å². The number of nitrogens with zero attached hydrogens (tertiary/aromatic N) is 1. The molecule has 1 N–H and O–H groups in total. The maximum atomic E-state index is 12.3. The smallest absolute Gasteiger partial charge is 0.744 e. The Kier molecular flexibility index (Phi) is 16.7. The second kappa shape index (κ2) is 17.4. The summed E-state index contributed by atoms with van der Waals surface area (Å²) in [5.41, 5.74) is -0.292. The van der Waals surface area contributed by atoms with Crippen molar-refractivity contribution in [2.45, 2.75) is 16.2 Å². The summed E-state index contributed by atoms with van der Waals surface area (Å²) in [7, 11) is -12.9. The molecule has 216 valence electrons. The van der Waals surface area contributed by atoms with Crippen molar-refractivity contribution in [2.24, 2.45) is 0 Å². The Hall–Kier alpha value is -1.74. The van der Waals surface area contributed by atoms with Crippen LogP contribution < -0.4 is 42.4 Å². The van der Waals surface area contributed by atoms with Gasteiger partial charge in [0, 0.05) is 19.6 Å². The molecule has 19 heteroatoms. The monoisotopic (exact) mass is 620 g/mol. The van der Waals surface area contributed by atoms with Crippen molar-refractivity contribution in [1.82, 2.24) is 9.62 Å². The quantitative estimate of drug-likeness (QED) is 0.0850. The molecule has 0 saturated heterocycles. The number of carbonyl (C=O) groups is 2. The Labute approximate surface area is 263 Å². The van der Waals surface area contributed by atoms with Crippen LogP contribution in [-0.2, 0) is 39.7 Å². The van der Waals surface area contributed by atoms with E-state index in [9.17, 15) is 43.9 Å². The van der Waals surface area contributed by atoms with E-state index in [0.717, 1.165) is 30.5 Å². The molecule has 0 aliphatic rings. The van der Waals surface area contributed by atoms with E-state index in [1.807, 2.05) is 0 Å². The van der Waals surface area contributed by atoms with Gasteiger partial charge in [0.1, 0.15) is 33.5 Å². The number of sulfonamides is 1. The fourth-order valence-corrected chi connectivity index (χ4v) is 4.70. The first-order valence-corrected chi connectivity index (χ1v) is 15.9. The average molecular weight is 621 g/mol. The van der Waals surface area contributed by atoms with Crippen LogP contribution in [0.1, 0.15) is 27.1 Å². The summed E-state index contributed by atoms with van der Waals surface area (Å²) >= 11 is 0. The van der Waals surface area contributed by atoms with Crippen LogP contribution in [0.4, 0.5) is 0 Å². The molecule has 2 aromatic rings. The van der Waals surface area contributed by atoms with E-state index >= 15 is 0 Å². The van der Waals surface area contributed by atoms with Gasteiger partial charge in [0.15, 0.2) is 0 Å². The first-order valence-electron chi connectivity index (χ1n) is 11.2. The first kappa shape index (κ1) is 39.3. The molecule has 0 spiro atoms. The van der Waals surface area contributed by atoms with Crippen LogP contribution in [-0.4, -0.2) is 96.8 Å². The minimum absolute atomic E-state index is 0. The summed E-state index contributed by atoms with van der Waals surface area (Å²) < 4.78 is 102. The van der Waals surface area contributed by atoms with Crippen molar-refractivity contribution in [3.63, 3.8) is 0 Å². The second-order valence-corrected chi connectivity index (χ2v) is 12.7. The van der Waals surface area contributed by atoms with Crippen LogP contribution in [0.15, 0.2) is 58.3 Å². The van der Waals surface area contributed by atoms with Crippen molar-refractivity contribution in [2.75, 3.05) is 45.6 Å². The van der Waals surface area contributed by atoms with Gasteiger partial charge in [-0.2, -0.15) is 0 Å². The fourth-order valence-electron chi connectivity index (χ4n) is 3.15. The third-order valence-corrected chi connectivity index (χ3v) is 7.40. The maximum Gasteiger partial charge on any atom is 1.00 e. The first-order chi connectivity index (χ1) is 18.1. The van der Waals surface area contributed by atoms with E-state index in [-0.39, 0.29) is 81.7 Å². The van der Waals surface area contributed by atoms with Crippen molar-refractivity contribution < 1.29 is 91.1 Å². The van der Waals surface area contributed by atoms with Crippen LogP contribution in [0.3, 0.4) is 0 Å². The van der Waals surface area contributed by atoms with E-state index in [1.165, 1.54) is 24.3 Å². The van der Waals surface area contributed by atoms with E-state index < -0.39 is 52.0 Å². The van der Waals surface area contributed by atoms with E-state index in [4.69, 9.17) is 9.47 Å². The zero-order valence-electron chi connectivity index (χ0n) is 22.6. The van der Waals surface area contributed by atoms with Crippen molar-refractivity contribution >= 4 is 42.2 Å². The van der Waals surface area contributed by atoms with Gasteiger partial charge in [-0.1, -0.05) is 12.1 Å². The maximum absolute atomic E-state index is 12.3. The second-order valence-electron chi connectivity index (χ2n) is 8.10. The minimum atomic E-state index is -4.76. The van der Waals surface area contributed by atoms with Crippen LogP contribution in [0.5, 0.6) is 0 Å². The summed E-state index contributed by atoms with van der Waals surface area (Å²) in [6.07, 6.45) is 1.35. The zero-order chi connectivity index (χ0) is 29.3. The number of esters is 2. The van der Waals surface area contributed by atoms with Crippen molar-refractivity contribution in [1.29, 1.82) is 0 Å². The molecular formula is C22H26Li2N2O12S3. The summed E-state index contributed by atoms with van der Waals surface area (Å²) in [4.78, 5) is 25.1. The molecule has 0 amide bonds. The molecule has 0 bridgehead atoms. The predicted octanol–water partition coefficient (Wildman–Crippen LogP) is -6.24. The molecule has 0 heterocycles. The van der Waals surface area contributed by atoms with E-state index in [2.05, 4.69) is 4.72 Å². The minimum Gasteiger partial charge on any atom is -0.744 e. The Balaban J connectivity index is 0.00000800. The van der Waals surface area contributed by atoms with Gasteiger partial charge < -0.3 is 18.6 Å². The van der Waals surface area contributed by atoms with Crippen LogP contribution >= 0.6 is 0 Å². The third-order valence-electron chi connectivity index (χ3n) is 5.01. The largest absolute Gasteiger partial charge is 1.00 e. The van der Waals surface area contributed by atoms with Crippen molar-refractivity contribution in [3.8, 4) is 0 Å². The molecule has 14 nitrogen and oxygen atoms in total. The Morgan fingerprint density at radius 3 is 1.54 bits per heavy atom. The molecule has 41 heavy (non-hydrogen) atoms. The van der Waals surface area contributed by atoms with E-state index in [0.29, 0.717) is 13.0 Å². The molecule has 0 unspecified atom stereocenters. The molecule has 2 aromatic carbocycles. The van der Waals surface area contributed by atoms with Crippen molar-refractivity contribution in [3.05, 3.63) is 59.7 Å². The SMILES string of the molecule is CS(=O)(=O)NCCCN(CCOC(=O)c1cccc(S(=O)(=O)[O-])c1)CCOC(=O)c1cccc(S(=O)(=O)[O-])c1.[Li+].[Li+]. The predicted molar refractivity (Wildman–Crippen MR) is 133 cm³/mol. The summed E-state index contributed by atoms with van der Waals surface area (Å²) in [5.74, 6) is -1.75. The number of carbonyl (C=O) groups excluding carboxylic acids is 2. The summed E-state index contributed by atoms with van der Waals surface area (Å²) in [6, 6.07) is 8.87. The Bertz CT molecular complexity index is 1410. The molecule has 2 rings (SSSR count). The third kappa shape index (κ3) is 14.8. The Morgan fingerprint density at radius 2 is 1.17 bits per heavy atom. The normalized spacial score (nSPS) is 11.7. The van der Waals surface area contributed by atoms with Gasteiger partial charge in [0.25, 0.3) is 0 Å². The van der Waals surface area contributed by atoms with E-state index in [1.54, 1.807) is 4.90 Å². The molecule has 0 aliphatic heterocycles. The average Bonchev–Trinajstić information content (AvgIpc) is 2.84. The fraction of sp³-hybridized carbons (Fsp3) is 0.364. The number of hydrogen-bond donors (Lipinski definition) is 1. The summed E-state index contributed by atoms with van der Waals surface area (Å²) in [5, 5.41) is 0.